The van der Waals surface area contributed by atoms with Crippen LogP contribution < -0.4 is 10.9 Å². The van der Waals surface area contributed by atoms with E-state index in [1.54, 1.807) is 10.6 Å². The van der Waals surface area contributed by atoms with Gasteiger partial charge in [0, 0.05) is 30.0 Å². The van der Waals surface area contributed by atoms with Crippen molar-refractivity contribution in [1.82, 2.24) is 9.55 Å². The molecule has 164 valence electrons. The first-order valence-electron chi connectivity index (χ1n) is 9.86. The van der Waals surface area contributed by atoms with Crippen LogP contribution >= 0.6 is 23.5 Å². The SMILES string of the molecule is Cc1cc(C)cc(-n2c(SCC(=O)Nc3cccc([N+](=O)[O-])c3)nc3c(c2=O)SCC3)c1. The summed E-state index contributed by atoms with van der Waals surface area (Å²) in [5, 5.41) is 14.1. The Morgan fingerprint density at radius 3 is 2.72 bits per heavy atom. The van der Waals surface area contributed by atoms with E-state index in [1.165, 1.54) is 41.7 Å². The molecule has 2 heterocycles. The Morgan fingerprint density at radius 2 is 2.00 bits per heavy atom. The summed E-state index contributed by atoms with van der Waals surface area (Å²) in [7, 11) is 0. The van der Waals surface area contributed by atoms with Crippen LogP contribution in [0.3, 0.4) is 0 Å². The van der Waals surface area contributed by atoms with E-state index in [0.717, 1.165) is 34.7 Å². The number of nitrogens with zero attached hydrogens (tertiary/aromatic N) is 3. The van der Waals surface area contributed by atoms with Gasteiger partial charge in [0.2, 0.25) is 5.91 Å². The maximum Gasteiger partial charge on any atom is 0.272 e. The molecule has 0 fully saturated rings. The second kappa shape index (κ2) is 9.17. The monoisotopic (exact) mass is 468 g/mol. The summed E-state index contributed by atoms with van der Waals surface area (Å²) in [6.07, 6.45) is 0.719. The van der Waals surface area contributed by atoms with E-state index in [4.69, 9.17) is 4.98 Å². The number of aryl methyl sites for hydroxylation is 3. The van der Waals surface area contributed by atoms with E-state index >= 15 is 0 Å². The fourth-order valence-electron chi connectivity index (χ4n) is 3.52. The van der Waals surface area contributed by atoms with E-state index in [0.29, 0.717) is 15.7 Å². The Bertz CT molecular complexity index is 1270. The highest BCUT2D eigenvalue weighted by Gasteiger charge is 2.23. The van der Waals surface area contributed by atoms with Gasteiger partial charge in [0.25, 0.3) is 11.2 Å². The molecule has 2 aromatic carbocycles. The highest BCUT2D eigenvalue weighted by atomic mass is 32.2. The molecule has 4 rings (SSSR count). The molecule has 0 atom stereocenters. The predicted octanol–water partition coefficient (Wildman–Crippen LogP) is 4.14. The minimum Gasteiger partial charge on any atom is -0.325 e. The number of nitro groups is 1. The Balaban J connectivity index is 1.61. The van der Waals surface area contributed by atoms with Crippen molar-refractivity contribution < 1.29 is 9.72 Å². The molecule has 1 N–H and O–H groups in total. The zero-order chi connectivity index (χ0) is 22.8. The number of carbonyl (C=O) groups is 1. The second-order valence-electron chi connectivity index (χ2n) is 7.40. The van der Waals surface area contributed by atoms with Crippen molar-refractivity contribution in [2.75, 3.05) is 16.8 Å². The van der Waals surface area contributed by atoms with Crippen molar-refractivity contribution in [3.05, 3.63) is 79.8 Å². The number of fused-ring (bicyclic) bond motifs is 1. The van der Waals surface area contributed by atoms with Crippen LogP contribution in [-0.2, 0) is 11.2 Å². The van der Waals surface area contributed by atoms with Crippen molar-refractivity contribution in [3.63, 3.8) is 0 Å². The molecule has 10 heteroatoms. The molecule has 0 radical (unpaired) electrons. The molecular weight excluding hydrogens is 448 g/mol. The van der Waals surface area contributed by atoms with Crippen LogP contribution in [0.5, 0.6) is 0 Å². The lowest BCUT2D eigenvalue weighted by molar-refractivity contribution is -0.384. The summed E-state index contributed by atoms with van der Waals surface area (Å²) in [6, 6.07) is 11.6. The smallest absolute Gasteiger partial charge is 0.272 e. The van der Waals surface area contributed by atoms with Crippen molar-refractivity contribution in [3.8, 4) is 5.69 Å². The summed E-state index contributed by atoms with van der Waals surface area (Å²) in [6.45, 7) is 3.94. The lowest BCUT2D eigenvalue weighted by Gasteiger charge is -2.15. The molecule has 0 saturated heterocycles. The maximum atomic E-state index is 13.3. The molecule has 0 bridgehead atoms. The Kier molecular flexibility index (Phi) is 6.33. The zero-order valence-corrected chi connectivity index (χ0v) is 19.1. The number of nitrogens with one attached hydrogen (secondary N) is 1. The molecular formula is C22H20N4O4S2. The number of rotatable bonds is 6. The summed E-state index contributed by atoms with van der Waals surface area (Å²) >= 11 is 2.68. The lowest BCUT2D eigenvalue weighted by Crippen LogP contribution is -2.25. The normalized spacial score (nSPS) is 12.4. The van der Waals surface area contributed by atoms with E-state index in [2.05, 4.69) is 5.32 Å². The van der Waals surface area contributed by atoms with Crippen LogP contribution in [0.4, 0.5) is 11.4 Å². The topological polar surface area (TPSA) is 107 Å². The minimum absolute atomic E-state index is 0.00581. The van der Waals surface area contributed by atoms with Gasteiger partial charge in [-0.05, 0) is 43.2 Å². The third-order valence-corrected chi connectivity index (χ3v) is 6.85. The Labute approximate surface area is 192 Å². The molecule has 1 amide bonds. The maximum absolute atomic E-state index is 13.3. The van der Waals surface area contributed by atoms with E-state index in [1.807, 2.05) is 32.0 Å². The van der Waals surface area contributed by atoms with Crippen LogP contribution in [0.15, 0.2) is 57.3 Å². The summed E-state index contributed by atoms with van der Waals surface area (Å²) in [4.78, 5) is 41.6. The van der Waals surface area contributed by atoms with Gasteiger partial charge in [-0.2, -0.15) is 0 Å². The van der Waals surface area contributed by atoms with Crippen molar-refractivity contribution in [2.24, 2.45) is 0 Å². The van der Waals surface area contributed by atoms with Crippen LogP contribution in [0.2, 0.25) is 0 Å². The minimum atomic E-state index is -0.514. The first kappa shape index (κ1) is 22.1. The van der Waals surface area contributed by atoms with Crippen LogP contribution in [0.1, 0.15) is 16.8 Å². The van der Waals surface area contributed by atoms with E-state index < -0.39 is 4.92 Å². The van der Waals surface area contributed by atoms with Gasteiger partial charge in [-0.3, -0.25) is 24.3 Å². The average Bonchev–Trinajstić information content (AvgIpc) is 3.21. The van der Waals surface area contributed by atoms with E-state index in [9.17, 15) is 19.7 Å². The molecule has 1 aliphatic rings. The first-order valence-corrected chi connectivity index (χ1v) is 11.8. The highest BCUT2D eigenvalue weighted by Crippen LogP contribution is 2.30. The molecule has 1 aliphatic heterocycles. The highest BCUT2D eigenvalue weighted by molar-refractivity contribution is 8.00. The largest absolute Gasteiger partial charge is 0.325 e. The summed E-state index contributed by atoms with van der Waals surface area (Å²) < 4.78 is 1.57. The van der Waals surface area contributed by atoms with Crippen molar-refractivity contribution in [2.45, 2.75) is 30.3 Å². The fourth-order valence-corrected chi connectivity index (χ4v) is 5.37. The van der Waals surface area contributed by atoms with Crippen LogP contribution in [-0.4, -0.2) is 31.9 Å². The van der Waals surface area contributed by atoms with Crippen LogP contribution in [0.25, 0.3) is 5.69 Å². The van der Waals surface area contributed by atoms with Crippen molar-refractivity contribution in [1.29, 1.82) is 0 Å². The quantitative estimate of drug-likeness (QED) is 0.251. The number of benzene rings is 2. The van der Waals surface area contributed by atoms with Gasteiger partial charge >= 0.3 is 0 Å². The molecule has 0 spiro atoms. The van der Waals surface area contributed by atoms with Gasteiger partial charge in [0.1, 0.15) is 0 Å². The molecule has 0 aliphatic carbocycles. The number of amides is 1. The molecule has 32 heavy (non-hydrogen) atoms. The summed E-state index contributed by atoms with van der Waals surface area (Å²) in [5.74, 6) is 0.476. The van der Waals surface area contributed by atoms with Gasteiger partial charge in [-0.1, -0.05) is 23.9 Å². The molecule has 0 unspecified atom stereocenters. The van der Waals surface area contributed by atoms with Gasteiger partial charge in [-0.15, -0.1) is 11.8 Å². The zero-order valence-electron chi connectivity index (χ0n) is 17.5. The van der Waals surface area contributed by atoms with Crippen molar-refractivity contribution >= 4 is 40.8 Å². The lowest BCUT2D eigenvalue weighted by atomic mass is 10.1. The van der Waals surface area contributed by atoms with Gasteiger partial charge in [-0.25, -0.2) is 4.98 Å². The number of hydrogen-bond donors (Lipinski definition) is 1. The van der Waals surface area contributed by atoms with Gasteiger partial charge < -0.3 is 5.32 Å². The molecule has 0 saturated carbocycles. The number of hydrogen-bond acceptors (Lipinski definition) is 7. The first-order chi connectivity index (χ1) is 15.3. The molecule has 3 aromatic rings. The third-order valence-electron chi connectivity index (χ3n) is 4.80. The number of anilines is 1. The number of thioether (sulfide) groups is 2. The van der Waals surface area contributed by atoms with Gasteiger partial charge in [0.15, 0.2) is 5.16 Å². The molecule has 8 nitrogen and oxygen atoms in total. The number of carbonyl (C=O) groups excluding carboxylic acids is 1. The second-order valence-corrected chi connectivity index (χ2v) is 9.45. The Morgan fingerprint density at radius 1 is 1.25 bits per heavy atom. The Hall–Kier alpha value is -3.11. The standard InChI is InChI=1S/C22H20N4O4S2/c1-13-8-14(2)10-17(9-13)25-21(28)20-18(6-7-31-20)24-22(25)32-12-19(27)23-15-4-3-5-16(11-15)26(29)30/h3-5,8-11H,6-7,12H2,1-2H3,(H,23,27). The van der Waals surface area contributed by atoms with E-state index in [-0.39, 0.29) is 22.9 Å². The molecule has 1 aromatic heterocycles. The van der Waals surface area contributed by atoms with Crippen LogP contribution in [0, 0.1) is 24.0 Å². The van der Waals surface area contributed by atoms with Gasteiger partial charge in [0.05, 0.1) is 27.0 Å². The predicted molar refractivity (Wildman–Crippen MR) is 126 cm³/mol. The number of aromatic nitrogens is 2. The summed E-state index contributed by atoms with van der Waals surface area (Å²) in [5.41, 5.74) is 3.66. The average molecular weight is 469 g/mol. The number of nitro benzene ring substituents is 1. The third kappa shape index (κ3) is 4.71. The number of non-ortho nitro benzene ring substituents is 1. The fraction of sp³-hybridized carbons (Fsp3) is 0.227.